The number of benzene rings is 1. The Hall–Kier alpha value is -2.05. The van der Waals surface area contributed by atoms with Crippen LogP contribution in [0.4, 0.5) is 0 Å². The third kappa shape index (κ3) is 10.0. The van der Waals surface area contributed by atoms with E-state index in [0.717, 1.165) is 5.56 Å². The van der Waals surface area contributed by atoms with Gasteiger partial charge in [-0.05, 0) is 45.6 Å². The Morgan fingerprint density at radius 1 is 0.969 bits per heavy atom. The molecule has 0 aliphatic rings. The minimum absolute atomic E-state index is 0.0207. The standard InChI is InChI=1S/C26H40O6/c1-18(2)32-21(15-19-11-9-8-10-12-19)24(30)26(6,7)31-14-13-20(17-23(28)29)16-22(27)25(3,4)5/h8-12,18,20-21H,13-17H2,1-7H3,(H,28,29). The van der Waals surface area contributed by atoms with Crippen molar-refractivity contribution in [2.24, 2.45) is 11.3 Å². The van der Waals surface area contributed by atoms with Crippen molar-refractivity contribution in [3.8, 4) is 0 Å². The molecule has 0 radical (unpaired) electrons. The molecule has 0 fully saturated rings. The molecule has 0 aliphatic carbocycles. The maximum Gasteiger partial charge on any atom is 0.303 e. The number of carboxylic acids is 1. The number of Topliss-reactive ketones (excluding diaryl/α,β-unsaturated/α-hetero) is 2. The van der Waals surface area contributed by atoms with Crippen molar-refractivity contribution in [2.45, 2.75) is 92.0 Å². The molecule has 180 valence electrons. The third-order valence-electron chi connectivity index (χ3n) is 5.35. The molecule has 0 amide bonds. The van der Waals surface area contributed by atoms with E-state index in [1.165, 1.54) is 0 Å². The first kappa shape index (κ1) is 28.0. The lowest BCUT2D eigenvalue weighted by Crippen LogP contribution is -2.45. The zero-order chi connectivity index (χ0) is 24.5. The Labute approximate surface area is 192 Å². The van der Waals surface area contributed by atoms with Gasteiger partial charge in [-0.25, -0.2) is 0 Å². The second-order valence-electron chi connectivity index (χ2n) is 10.2. The van der Waals surface area contributed by atoms with Crippen molar-refractivity contribution in [1.82, 2.24) is 0 Å². The number of carbonyl (C=O) groups excluding carboxylic acids is 2. The minimum atomic E-state index is -1.10. The number of hydrogen-bond acceptors (Lipinski definition) is 5. The Morgan fingerprint density at radius 3 is 2.06 bits per heavy atom. The van der Waals surface area contributed by atoms with E-state index >= 15 is 0 Å². The van der Waals surface area contributed by atoms with Gasteiger partial charge in [0, 0.05) is 31.3 Å². The molecule has 0 saturated carbocycles. The van der Waals surface area contributed by atoms with Crippen LogP contribution < -0.4 is 0 Å². The maximum atomic E-state index is 13.3. The molecule has 1 aromatic rings. The summed E-state index contributed by atoms with van der Waals surface area (Å²) in [5.74, 6) is -1.42. The van der Waals surface area contributed by atoms with E-state index in [0.29, 0.717) is 12.8 Å². The molecule has 1 N–H and O–H groups in total. The van der Waals surface area contributed by atoms with Gasteiger partial charge >= 0.3 is 5.97 Å². The van der Waals surface area contributed by atoms with Gasteiger partial charge in [-0.2, -0.15) is 0 Å². The second-order valence-corrected chi connectivity index (χ2v) is 10.2. The van der Waals surface area contributed by atoms with E-state index in [1.54, 1.807) is 13.8 Å². The molecule has 0 heterocycles. The summed E-state index contributed by atoms with van der Waals surface area (Å²) in [6.07, 6.45) is 0.148. The molecule has 0 saturated heterocycles. The van der Waals surface area contributed by atoms with E-state index in [1.807, 2.05) is 65.0 Å². The van der Waals surface area contributed by atoms with Crippen LogP contribution in [0.25, 0.3) is 0 Å². The molecule has 6 nitrogen and oxygen atoms in total. The van der Waals surface area contributed by atoms with Crippen molar-refractivity contribution in [2.75, 3.05) is 6.61 Å². The van der Waals surface area contributed by atoms with Crippen LogP contribution in [0.1, 0.15) is 73.3 Å². The first-order valence-corrected chi connectivity index (χ1v) is 11.3. The Bertz CT molecular complexity index is 745. The summed E-state index contributed by atoms with van der Waals surface area (Å²) in [5.41, 5.74) is -0.619. The van der Waals surface area contributed by atoms with Gasteiger partial charge in [0.05, 0.1) is 6.10 Å². The van der Waals surface area contributed by atoms with Gasteiger partial charge in [-0.15, -0.1) is 0 Å². The van der Waals surface area contributed by atoms with E-state index in [-0.39, 0.29) is 43.0 Å². The number of ketones is 2. The Kier molecular flexibility index (Phi) is 10.7. The first-order valence-electron chi connectivity index (χ1n) is 11.3. The van der Waals surface area contributed by atoms with Crippen LogP contribution in [0.15, 0.2) is 30.3 Å². The van der Waals surface area contributed by atoms with Gasteiger partial charge in [-0.1, -0.05) is 51.1 Å². The fourth-order valence-electron chi connectivity index (χ4n) is 3.39. The van der Waals surface area contributed by atoms with E-state index in [2.05, 4.69) is 0 Å². The molecule has 32 heavy (non-hydrogen) atoms. The molecule has 2 unspecified atom stereocenters. The number of rotatable bonds is 14. The zero-order valence-corrected chi connectivity index (χ0v) is 20.6. The van der Waals surface area contributed by atoms with Crippen molar-refractivity contribution in [3.63, 3.8) is 0 Å². The molecular formula is C26H40O6. The number of hydrogen-bond donors (Lipinski definition) is 1. The summed E-state index contributed by atoms with van der Waals surface area (Å²) in [5, 5.41) is 9.22. The summed E-state index contributed by atoms with van der Waals surface area (Å²) >= 11 is 0. The molecular weight excluding hydrogens is 408 g/mol. The molecule has 0 bridgehead atoms. The number of carbonyl (C=O) groups is 3. The van der Waals surface area contributed by atoms with Crippen molar-refractivity contribution < 1.29 is 29.0 Å². The third-order valence-corrected chi connectivity index (χ3v) is 5.35. The summed E-state index contributed by atoms with van der Waals surface area (Å²) in [6.45, 7) is 12.9. The summed E-state index contributed by atoms with van der Waals surface area (Å²) in [4.78, 5) is 36.9. The smallest absolute Gasteiger partial charge is 0.303 e. The van der Waals surface area contributed by atoms with Crippen LogP contribution in [-0.2, 0) is 30.3 Å². The molecule has 0 aliphatic heterocycles. The van der Waals surface area contributed by atoms with Gasteiger partial charge in [0.2, 0.25) is 0 Å². The van der Waals surface area contributed by atoms with Gasteiger partial charge in [0.15, 0.2) is 5.78 Å². The highest BCUT2D eigenvalue weighted by atomic mass is 16.5. The SMILES string of the molecule is CC(C)OC(Cc1ccccc1)C(=O)C(C)(C)OCCC(CC(=O)O)CC(=O)C(C)(C)C. The summed E-state index contributed by atoms with van der Waals surface area (Å²) < 4.78 is 11.9. The fraction of sp³-hybridized carbons (Fsp3) is 0.654. The van der Waals surface area contributed by atoms with E-state index < -0.39 is 23.1 Å². The zero-order valence-electron chi connectivity index (χ0n) is 20.6. The highest BCUT2D eigenvalue weighted by Gasteiger charge is 2.36. The lowest BCUT2D eigenvalue weighted by atomic mass is 9.83. The highest BCUT2D eigenvalue weighted by molar-refractivity contribution is 5.90. The van der Waals surface area contributed by atoms with Crippen LogP contribution >= 0.6 is 0 Å². The van der Waals surface area contributed by atoms with Gasteiger partial charge in [-0.3, -0.25) is 14.4 Å². The van der Waals surface area contributed by atoms with Crippen LogP contribution in [0.3, 0.4) is 0 Å². The molecule has 0 aromatic heterocycles. The Morgan fingerprint density at radius 2 is 1.56 bits per heavy atom. The van der Waals surface area contributed by atoms with Crippen molar-refractivity contribution in [1.29, 1.82) is 0 Å². The van der Waals surface area contributed by atoms with Crippen LogP contribution in [-0.4, -0.2) is 47.1 Å². The number of aliphatic carboxylic acids is 1. The quantitative estimate of drug-likeness (QED) is 0.437. The highest BCUT2D eigenvalue weighted by Crippen LogP contribution is 2.25. The predicted octanol–water partition coefficient (Wildman–Crippen LogP) is 4.87. The van der Waals surface area contributed by atoms with Gasteiger partial charge < -0.3 is 14.6 Å². The second kappa shape index (κ2) is 12.3. The summed E-state index contributed by atoms with van der Waals surface area (Å²) in [7, 11) is 0. The van der Waals surface area contributed by atoms with Crippen LogP contribution in [0, 0.1) is 11.3 Å². The van der Waals surface area contributed by atoms with Gasteiger partial charge in [0.25, 0.3) is 0 Å². The average molecular weight is 449 g/mol. The average Bonchev–Trinajstić information content (AvgIpc) is 2.65. The molecule has 0 spiro atoms. The topological polar surface area (TPSA) is 89.9 Å². The normalized spacial score (nSPS) is 14.2. The predicted molar refractivity (Wildman–Crippen MR) is 125 cm³/mol. The monoisotopic (exact) mass is 448 g/mol. The van der Waals surface area contributed by atoms with Crippen LogP contribution in [0.5, 0.6) is 0 Å². The largest absolute Gasteiger partial charge is 0.481 e. The Balaban J connectivity index is 2.80. The van der Waals surface area contributed by atoms with Crippen LogP contribution in [0.2, 0.25) is 0 Å². The number of carboxylic acid groups (broad SMARTS) is 1. The summed E-state index contributed by atoms with van der Waals surface area (Å²) in [6, 6.07) is 9.69. The maximum absolute atomic E-state index is 13.3. The molecule has 1 rings (SSSR count). The van der Waals surface area contributed by atoms with Gasteiger partial charge in [0.1, 0.15) is 17.5 Å². The van der Waals surface area contributed by atoms with Crippen molar-refractivity contribution >= 4 is 17.5 Å². The molecule has 1 aromatic carbocycles. The fourth-order valence-corrected chi connectivity index (χ4v) is 3.39. The first-order chi connectivity index (χ1) is 14.7. The van der Waals surface area contributed by atoms with E-state index in [4.69, 9.17) is 9.47 Å². The van der Waals surface area contributed by atoms with Crippen molar-refractivity contribution in [3.05, 3.63) is 35.9 Å². The lowest BCUT2D eigenvalue weighted by Gasteiger charge is -2.30. The van der Waals surface area contributed by atoms with E-state index in [9.17, 15) is 19.5 Å². The minimum Gasteiger partial charge on any atom is -0.481 e. The molecule has 6 heteroatoms. The lowest BCUT2D eigenvalue weighted by molar-refractivity contribution is -0.156. The molecule has 2 atom stereocenters. The number of ether oxygens (including phenoxy) is 2.